The highest BCUT2D eigenvalue weighted by atomic mass is 35.5. The molecule has 1 fully saturated rings. The van der Waals surface area contributed by atoms with Crippen LogP contribution in [-0.2, 0) is 16.6 Å². The molecule has 6 aromatic rings. The number of halogens is 1. The minimum atomic E-state index is -4.27. The molecule has 1 aliphatic heterocycles. The fourth-order valence-corrected chi connectivity index (χ4v) is 10.5. The molecule has 5 aromatic carbocycles. The molecule has 334 valence electrons. The smallest absolute Gasteiger partial charge is 0.338 e. The number of aromatic carboxylic acids is 1. The van der Waals surface area contributed by atoms with E-state index in [0.717, 1.165) is 45.7 Å². The summed E-state index contributed by atoms with van der Waals surface area (Å²) < 4.78 is 32.8. The van der Waals surface area contributed by atoms with Crippen LogP contribution in [0.15, 0.2) is 131 Å². The third-order valence-electron chi connectivity index (χ3n) is 11.4. The first-order chi connectivity index (χ1) is 30.7. The van der Waals surface area contributed by atoms with Gasteiger partial charge in [0.2, 0.25) is 0 Å². The van der Waals surface area contributed by atoms with Gasteiger partial charge in [0.15, 0.2) is 0 Å². The van der Waals surface area contributed by atoms with Crippen LogP contribution in [0.3, 0.4) is 0 Å². The summed E-state index contributed by atoms with van der Waals surface area (Å²) in [5, 5.41) is 26.3. The molecule has 2 heterocycles. The number of anilines is 4. The van der Waals surface area contributed by atoms with Crippen molar-refractivity contribution in [2.45, 2.75) is 42.6 Å². The lowest BCUT2D eigenvalue weighted by molar-refractivity contribution is -0.385. The normalized spacial score (nSPS) is 13.5. The predicted molar refractivity (Wildman–Crippen MR) is 260 cm³/mol. The van der Waals surface area contributed by atoms with E-state index < -0.39 is 20.9 Å². The number of thioether (sulfide) groups is 1. The molecule has 13 nitrogen and oxygen atoms in total. The highest BCUT2D eigenvalue weighted by Crippen LogP contribution is 2.41. The van der Waals surface area contributed by atoms with Crippen LogP contribution in [0.5, 0.6) is 0 Å². The summed E-state index contributed by atoms with van der Waals surface area (Å²) in [6, 6.07) is 36.3. The molecule has 0 unspecified atom stereocenters. The highest BCUT2D eigenvalue weighted by molar-refractivity contribution is 7.99. The van der Waals surface area contributed by atoms with Crippen LogP contribution in [0.2, 0.25) is 5.02 Å². The van der Waals surface area contributed by atoms with E-state index in [2.05, 4.69) is 30.8 Å². The molecule has 0 radical (unpaired) electrons. The summed E-state index contributed by atoms with van der Waals surface area (Å²) in [4.78, 5) is 31.5. The van der Waals surface area contributed by atoms with E-state index >= 15 is 0 Å². The molecule has 1 saturated heterocycles. The number of carboxylic acids is 1. The van der Waals surface area contributed by atoms with Crippen LogP contribution in [0, 0.1) is 17.0 Å². The van der Waals surface area contributed by atoms with Gasteiger partial charge in [-0.3, -0.25) is 14.8 Å². The molecule has 0 spiro atoms. The van der Waals surface area contributed by atoms with Crippen molar-refractivity contribution in [3.05, 3.63) is 148 Å². The van der Waals surface area contributed by atoms with Crippen molar-refractivity contribution < 1.29 is 23.2 Å². The number of benzene rings is 5. The van der Waals surface area contributed by atoms with E-state index in [4.69, 9.17) is 11.6 Å². The highest BCUT2D eigenvalue weighted by Gasteiger charge is 2.28. The molecule has 0 aliphatic carbocycles. The first-order valence-electron chi connectivity index (χ1n) is 21.1. The van der Waals surface area contributed by atoms with Gasteiger partial charge in [-0.2, -0.15) is 0 Å². The number of aromatic nitrogens is 1. The molecular formula is C48H52ClN7O6S2. The maximum absolute atomic E-state index is 14.0. The van der Waals surface area contributed by atoms with Crippen LogP contribution in [-0.4, -0.2) is 92.5 Å². The molecule has 64 heavy (non-hydrogen) atoms. The average Bonchev–Trinajstić information content (AvgIpc) is 3.60. The van der Waals surface area contributed by atoms with Crippen molar-refractivity contribution in [3.63, 3.8) is 0 Å². The molecule has 3 N–H and O–H groups in total. The van der Waals surface area contributed by atoms with Gasteiger partial charge in [-0.15, -0.1) is 11.8 Å². The summed E-state index contributed by atoms with van der Waals surface area (Å²) in [6.45, 7) is 7.99. The van der Waals surface area contributed by atoms with E-state index in [1.807, 2.05) is 117 Å². The Labute approximate surface area is 383 Å². The number of nitro groups is 1. The van der Waals surface area contributed by atoms with Crippen molar-refractivity contribution in [1.82, 2.24) is 9.47 Å². The summed E-state index contributed by atoms with van der Waals surface area (Å²) in [5.41, 5.74) is 6.36. The Bertz CT molecular complexity index is 2710. The Morgan fingerprint density at radius 1 is 0.875 bits per heavy atom. The average molecular weight is 923 g/mol. The van der Waals surface area contributed by atoms with Gasteiger partial charge in [-0.25, -0.2) is 13.2 Å². The van der Waals surface area contributed by atoms with Crippen LogP contribution in [0.25, 0.3) is 22.4 Å². The van der Waals surface area contributed by atoms with Gasteiger partial charge in [-0.05, 0) is 119 Å². The van der Waals surface area contributed by atoms with Gasteiger partial charge in [0.05, 0.1) is 21.9 Å². The lowest BCUT2D eigenvalue weighted by atomic mass is 9.96. The number of carbonyl (C=O) groups is 1. The predicted octanol–water partition coefficient (Wildman–Crippen LogP) is 10.1. The number of nitrogens with zero attached hydrogens (tertiary/aromatic N) is 5. The van der Waals surface area contributed by atoms with Crippen LogP contribution in [0.1, 0.15) is 29.4 Å². The zero-order valence-electron chi connectivity index (χ0n) is 36.2. The first-order valence-corrected chi connectivity index (χ1v) is 23.9. The Kier molecular flexibility index (Phi) is 14.5. The third kappa shape index (κ3) is 10.7. The van der Waals surface area contributed by atoms with Crippen LogP contribution < -0.4 is 19.8 Å². The van der Waals surface area contributed by atoms with Crippen molar-refractivity contribution >= 4 is 67.8 Å². The molecule has 1 atom stereocenters. The number of sulfonamides is 1. The van der Waals surface area contributed by atoms with Gasteiger partial charge < -0.3 is 29.7 Å². The van der Waals surface area contributed by atoms with Crippen molar-refractivity contribution in [3.8, 4) is 22.4 Å². The second kappa shape index (κ2) is 20.2. The Morgan fingerprint density at radius 2 is 1.55 bits per heavy atom. The molecular weight excluding hydrogens is 870 g/mol. The number of nitrogens with one attached hydrogen (secondary N) is 2. The number of nitro benzene ring substituents is 1. The van der Waals surface area contributed by atoms with Gasteiger partial charge in [0, 0.05) is 94.9 Å². The van der Waals surface area contributed by atoms with E-state index in [1.165, 1.54) is 12.1 Å². The first kappa shape index (κ1) is 46.0. The fraction of sp³-hybridized carbons (Fsp3) is 0.271. The summed E-state index contributed by atoms with van der Waals surface area (Å²) in [5.74, 6) is -0.330. The SMILES string of the molecule is CCn1c(C)c(C(=O)O)c(-c2cccc(N3CCN(c4ccc(NS(=O)(=O)c5cc([N+](=O)[O-])ccc5N[C@H](CCN(C)C)CSc5ccccc5)cc4)CC3)c2)c1-c1ccc(Cl)cc1. The second-order valence-corrected chi connectivity index (χ2v) is 19.1. The molecule has 7 rings (SSSR count). The fourth-order valence-electron chi connectivity index (χ4n) is 8.13. The minimum Gasteiger partial charge on any atom is -0.478 e. The topological polar surface area (TPSA) is 153 Å². The molecule has 1 aromatic heterocycles. The minimum absolute atomic E-state index is 0.137. The van der Waals surface area contributed by atoms with E-state index in [1.54, 1.807) is 23.9 Å². The monoisotopic (exact) mass is 921 g/mol. The standard InChI is InChI=1S/C48H52ClN7O6S2/c1-5-55-33(2)45(48(57)58)46(47(55)34-14-16-36(49)17-15-34)35-10-9-11-40(30-35)54-28-26-53(27-29-54)39-20-18-37(19-21-39)51-64(61,62)44-31-41(56(59)60)22-23-43(44)50-38(24-25-52(3)4)32-63-42-12-7-6-8-13-42/h6-23,30-31,38,50-51H,5,24-29,32H2,1-4H3,(H,57,58)/t38-/m1/s1. The Hall–Kier alpha value is -6.00. The largest absolute Gasteiger partial charge is 0.478 e. The van der Waals surface area contributed by atoms with Gasteiger partial charge >= 0.3 is 5.97 Å². The van der Waals surface area contributed by atoms with Crippen molar-refractivity contribution in [2.24, 2.45) is 0 Å². The van der Waals surface area contributed by atoms with Gasteiger partial charge in [0.1, 0.15) is 4.90 Å². The lowest BCUT2D eigenvalue weighted by Crippen LogP contribution is -2.46. The van der Waals surface area contributed by atoms with Crippen LogP contribution >= 0.6 is 23.4 Å². The summed E-state index contributed by atoms with van der Waals surface area (Å²) in [7, 11) is -0.312. The maximum Gasteiger partial charge on any atom is 0.338 e. The zero-order chi connectivity index (χ0) is 45.5. The molecule has 0 saturated carbocycles. The number of hydrogen-bond donors (Lipinski definition) is 3. The third-order valence-corrected chi connectivity index (χ3v) is 14.2. The molecule has 1 aliphatic rings. The zero-order valence-corrected chi connectivity index (χ0v) is 38.6. The van der Waals surface area contributed by atoms with E-state index in [0.29, 0.717) is 66.9 Å². The van der Waals surface area contributed by atoms with E-state index in [-0.39, 0.29) is 27.9 Å². The summed E-state index contributed by atoms with van der Waals surface area (Å²) >= 11 is 7.89. The van der Waals surface area contributed by atoms with Crippen LogP contribution in [0.4, 0.5) is 28.4 Å². The number of carboxylic acid groups (broad SMARTS) is 1. The lowest BCUT2D eigenvalue weighted by Gasteiger charge is -2.37. The van der Waals surface area contributed by atoms with Crippen molar-refractivity contribution in [1.29, 1.82) is 0 Å². The van der Waals surface area contributed by atoms with Gasteiger partial charge in [0.25, 0.3) is 15.7 Å². The van der Waals surface area contributed by atoms with Gasteiger partial charge in [-0.1, -0.05) is 54.1 Å². The number of piperazine rings is 1. The molecule has 0 bridgehead atoms. The second-order valence-electron chi connectivity index (χ2n) is 15.9. The Balaban J connectivity index is 1.05. The summed E-state index contributed by atoms with van der Waals surface area (Å²) in [6.07, 6.45) is 0.714. The quantitative estimate of drug-likeness (QED) is 0.0429. The maximum atomic E-state index is 14.0. The Morgan fingerprint density at radius 3 is 2.17 bits per heavy atom. The van der Waals surface area contributed by atoms with Crippen molar-refractivity contribution in [2.75, 3.05) is 72.4 Å². The molecule has 0 amide bonds. The van der Waals surface area contributed by atoms with E-state index in [9.17, 15) is 28.4 Å². The number of non-ortho nitro benzene ring substituents is 1. The number of rotatable bonds is 18. The molecule has 16 heteroatoms. The number of hydrogen-bond acceptors (Lipinski definition) is 10.